The molecule has 0 radical (unpaired) electrons. The standard InChI is InChI=1S/C22H22N2O4S2/c1-29-21-15-9-6-12-18(21)23-22(25)16-24(30(2,26)27)19-13-7-8-14-20(19)28-17-10-4-3-5-11-17/h3-15H,16H2,1-2H3,(H,23,25). The zero-order valence-electron chi connectivity index (χ0n) is 16.6. The van der Waals surface area contributed by atoms with Crippen molar-refractivity contribution in [3.8, 4) is 11.5 Å². The highest BCUT2D eigenvalue weighted by Gasteiger charge is 2.24. The molecule has 1 N–H and O–H groups in total. The van der Waals surface area contributed by atoms with Crippen LogP contribution in [0.5, 0.6) is 11.5 Å². The second-order valence-electron chi connectivity index (χ2n) is 6.40. The van der Waals surface area contributed by atoms with E-state index in [0.29, 0.717) is 17.2 Å². The molecule has 30 heavy (non-hydrogen) atoms. The molecule has 0 aromatic heterocycles. The van der Waals surface area contributed by atoms with Gasteiger partial charge in [0.15, 0.2) is 5.75 Å². The first-order valence-corrected chi connectivity index (χ1v) is 12.2. The fourth-order valence-electron chi connectivity index (χ4n) is 2.81. The van der Waals surface area contributed by atoms with Crippen LogP contribution in [0.25, 0.3) is 0 Å². The van der Waals surface area contributed by atoms with Crippen molar-refractivity contribution < 1.29 is 17.9 Å². The number of rotatable bonds is 8. The van der Waals surface area contributed by atoms with Gasteiger partial charge in [-0.1, -0.05) is 42.5 Å². The molecular weight excluding hydrogens is 420 g/mol. The minimum absolute atomic E-state index is 0.289. The van der Waals surface area contributed by atoms with E-state index < -0.39 is 15.9 Å². The van der Waals surface area contributed by atoms with E-state index in [1.807, 2.05) is 42.7 Å². The Morgan fingerprint density at radius 1 is 0.967 bits per heavy atom. The summed E-state index contributed by atoms with van der Waals surface area (Å²) in [7, 11) is -3.75. The van der Waals surface area contributed by atoms with Gasteiger partial charge in [-0.25, -0.2) is 8.42 Å². The van der Waals surface area contributed by atoms with Gasteiger partial charge in [-0.2, -0.15) is 0 Å². The Morgan fingerprint density at radius 2 is 1.60 bits per heavy atom. The lowest BCUT2D eigenvalue weighted by atomic mass is 10.2. The van der Waals surface area contributed by atoms with Crippen LogP contribution in [0.2, 0.25) is 0 Å². The number of amides is 1. The smallest absolute Gasteiger partial charge is 0.245 e. The number of para-hydroxylation sites is 4. The molecule has 0 aliphatic heterocycles. The van der Waals surface area contributed by atoms with Crippen molar-refractivity contribution in [1.82, 2.24) is 0 Å². The van der Waals surface area contributed by atoms with Gasteiger partial charge in [0, 0.05) is 4.90 Å². The first kappa shape index (κ1) is 21.7. The second kappa shape index (κ2) is 9.69. The summed E-state index contributed by atoms with van der Waals surface area (Å²) < 4.78 is 32.0. The Bertz CT molecular complexity index is 1120. The Morgan fingerprint density at radius 3 is 2.30 bits per heavy atom. The lowest BCUT2D eigenvalue weighted by Gasteiger charge is -2.24. The third-order valence-electron chi connectivity index (χ3n) is 4.17. The van der Waals surface area contributed by atoms with E-state index in [2.05, 4.69) is 5.32 Å². The van der Waals surface area contributed by atoms with Gasteiger partial charge < -0.3 is 10.1 Å². The van der Waals surface area contributed by atoms with Gasteiger partial charge in [0.1, 0.15) is 12.3 Å². The van der Waals surface area contributed by atoms with Crippen molar-refractivity contribution in [2.24, 2.45) is 0 Å². The average Bonchev–Trinajstić information content (AvgIpc) is 2.73. The van der Waals surface area contributed by atoms with Gasteiger partial charge in [-0.05, 0) is 42.7 Å². The van der Waals surface area contributed by atoms with Crippen molar-refractivity contribution >= 4 is 39.1 Å². The number of nitrogens with zero attached hydrogens (tertiary/aromatic N) is 1. The Kier molecular flexibility index (Phi) is 7.02. The van der Waals surface area contributed by atoms with E-state index in [1.165, 1.54) is 11.8 Å². The lowest BCUT2D eigenvalue weighted by molar-refractivity contribution is -0.114. The van der Waals surface area contributed by atoms with E-state index in [9.17, 15) is 13.2 Å². The Balaban J connectivity index is 1.88. The molecule has 8 heteroatoms. The minimum atomic E-state index is -3.75. The van der Waals surface area contributed by atoms with Gasteiger partial charge in [-0.15, -0.1) is 11.8 Å². The predicted molar refractivity (Wildman–Crippen MR) is 122 cm³/mol. The van der Waals surface area contributed by atoms with Gasteiger partial charge in [0.2, 0.25) is 15.9 Å². The van der Waals surface area contributed by atoms with Gasteiger partial charge in [0.25, 0.3) is 0 Å². The van der Waals surface area contributed by atoms with Crippen LogP contribution in [-0.2, 0) is 14.8 Å². The van der Waals surface area contributed by atoms with E-state index in [4.69, 9.17) is 4.74 Å². The van der Waals surface area contributed by atoms with Crippen LogP contribution < -0.4 is 14.4 Å². The van der Waals surface area contributed by atoms with Crippen LogP contribution in [-0.4, -0.2) is 33.4 Å². The lowest BCUT2D eigenvalue weighted by Crippen LogP contribution is -2.37. The van der Waals surface area contributed by atoms with E-state index in [-0.39, 0.29) is 12.2 Å². The van der Waals surface area contributed by atoms with Crippen LogP contribution in [0.15, 0.2) is 83.8 Å². The minimum Gasteiger partial charge on any atom is -0.455 e. The molecule has 156 valence electrons. The molecule has 0 saturated carbocycles. The van der Waals surface area contributed by atoms with E-state index in [0.717, 1.165) is 15.5 Å². The number of hydrogen-bond donors (Lipinski definition) is 1. The van der Waals surface area contributed by atoms with Gasteiger partial charge in [0.05, 0.1) is 17.6 Å². The molecule has 0 aliphatic carbocycles. The maximum Gasteiger partial charge on any atom is 0.245 e. The molecule has 0 unspecified atom stereocenters. The summed E-state index contributed by atoms with van der Waals surface area (Å²) in [5, 5.41) is 2.80. The number of benzene rings is 3. The summed E-state index contributed by atoms with van der Waals surface area (Å²) in [6.07, 6.45) is 2.97. The van der Waals surface area contributed by atoms with Gasteiger partial charge in [-0.3, -0.25) is 9.10 Å². The highest BCUT2D eigenvalue weighted by Crippen LogP contribution is 2.33. The number of hydrogen-bond acceptors (Lipinski definition) is 5. The van der Waals surface area contributed by atoms with E-state index >= 15 is 0 Å². The molecule has 3 aromatic rings. The molecular formula is C22H22N2O4S2. The number of carbonyl (C=O) groups is 1. The predicted octanol–water partition coefficient (Wildman–Crippen LogP) is 4.61. The first-order chi connectivity index (χ1) is 14.4. The summed E-state index contributed by atoms with van der Waals surface area (Å²) in [5.41, 5.74) is 0.925. The number of ether oxygens (including phenoxy) is 1. The fraction of sp³-hybridized carbons (Fsp3) is 0.136. The van der Waals surface area contributed by atoms with Crippen molar-refractivity contribution in [3.63, 3.8) is 0 Å². The monoisotopic (exact) mass is 442 g/mol. The third kappa shape index (κ3) is 5.55. The topological polar surface area (TPSA) is 75.7 Å². The zero-order valence-corrected chi connectivity index (χ0v) is 18.2. The third-order valence-corrected chi connectivity index (χ3v) is 6.10. The molecule has 6 nitrogen and oxygen atoms in total. The van der Waals surface area contributed by atoms with Crippen molar-refractivity contribution in [2.45, 2.75) is 4.90 Å². The summed E-state index contributed by atoms with van der Waals surface area (Å²) in [6, 6.07) is 23.1. The number of thioether (sulfide) groups is 1. The van der Waals surface area contributed by atoms with Crippen molar-refractivity contribution in [1.29, 1.82) is 0 Å². The average molecular weight is 443 g/mol. The second-order valence-corrected chi connectivity index (χ2v) is 9.16. The van der Waals surface area contributed by atoms with Crippen LogP contribution in [0.4, 0.5) is 11.4 Å². The van der Waals surface area contributed by atoms with Crippen molar-refractivity contribution in [2.75, 3.05) is 28.7 Å². The number of nitrogens with one attached hydrogen (secondary N) is 1. The summed E-state index contributed by atoms with van der Waals surface area (Å²) >= 11 is 1.50. The Hall–Kier alpha value is -2.97. The van der Waals surface area contributed by atoms with Crippen molar-refractivity contribution in [3.05, 3.63) is 78.9 Å². The maximum absolute atomic E-state index is 12.7. The molecule has 0 fully saturated rings. The van der Waals surface area contributed by atoms with E-state index in [1.54, 1.807) is 42.5 Å². The van der Waals surface area contributed by atoms with Gasteiger partial charge >= 0.3 is 0 Å². The molecule has 3 aromatic carbocycles. The molecule has 0 heterocycles. The highest BCUT2D eigenvalue weighted by atomic mass is 32.2. The molecule has 1 amide bonds. The number of anilines is 2. The Labute approximate surface area is 180 Å². The molecule has 0 saturated heterocycles. The summed E-state index contributed by atoms with van der Waals surface area (Å²) in [6.45, 7) is -0.378. The summed E-state index contributed by atoms with van der Waals surface area (Å²) in [4.78, 5) is 13.6. The largest absolute Gasteiger partial charge is 0.455 e. The molecule has 0 atom stereocenters. The zero-order chi connectivity index (χ0) is 21.6. The van der Waals surface area contributed by atoms with Crippen LogP contribution in [0.3, 0.4) is 0 Å². The van der Waals surface area contributed by atoms with Crippen LogP contribution >= 0.6 is 11.8 Å². The normalized spacial score (nSPS) is 11.0. The number of sulfonamides is 1. The quantitative estimate of drug-likeness (QED) is 0.516. The number of carbonyl (C=O) groups excluding carboxylic acids is 1. The fourth-order valence-corrected chi connectivity index (χ4v) is 4.23. The molecule has 0 bridgehead atoms. The van der Waals surface area contributed by atoms with Crippen LogP contribution in [0, 0.1) is 0 Å². The molecule has 0 aliphatic rings. The highest BCUT2D eigenvalue weighted by molar-refractivity contribution is 7.98. The molecule has 3 rings (SSSR count). The van der Waals surface area contributed by atoms with Crippen LogP contribution in [0.1, 0.15) is 0 Å². The first-order valence-electron chi connectivity index (χ1n) is 9.11. The summed E-state index contributed by atoms with van der Waals surface area (Å²) in [5.74, 6) is 0.458. The maximum atomic E-state index is 12.7. The SMILES string of the molecule is CSc1ccccc1NC(=O)CN(c1ccccc1Oc1ccccc1)S(C)(=O)=O. The molecule has 0 spiro atoms.